The summed E-state index contributed by atoms with van der Waals surface area (Å²) in [7, 11) is 1.83. The molecule has 2 rings (SSSR count). The lowest BCUT2D eigenvalue weighted by atomic mass is 10.1. The first-order valence-corrected chi connectivity index (χ1v) is 7.01. The van der Waals surface area contributed by atoms with Gasteiger partial charge in [0.2, 0.25) is 11.8 Å². The van der Waals surface area contributed by atoms with Crippen LogP contribution in [0.5, 0.6) is 0 Å². The summed E-state index contributed by atoms with van der Waals surface area (Å²) in [6.07, 6.45) is 0. The fourth-order valence-electron chi connectivity index (χ4n) is 1.99. The molecule has 1 atom stereocenters. The van der Waals surface area contributed by atoms with E-state index < -0.39 is 0 Å². The van der Waals surface area contributed by atoms with Crippen molar-refractivity contribution in [2.45, 2.75) is 20.8 Å². The Morgan fingerprint density at radius 1 is 1.36 bits per heavy atom. The maximum atomic E-state index is 12.0. The molecule has 0 aliphatic heterocycles. The molecule has 1 heterocycles. The maximum absolute atomic E-state index is 12.0. The molecule has 2 aromatic rings. The predicted octanol–water partition coefficient (Wildman–Crippen LogP) is 3.17. The van der Waals surface area contributed by atoms with Crippen LogP contribution < -0.4 is 10.6 Å². The molecular weight excluding hydrogens is 302 g/mol. The molecule has 6 heteroatoms. The summed E-state index contributed by atoms with van der Waals surface area (Å²) in [6, 6.07) is 7.52. The van der Waals surface area contributed by atoms with Crippen molar-refractivity contribution in [3.05, 3.63) is 35.7 Å². The molecule has 0 fully saturated rings. The van der Waals surface area contributed by atoms with Crippen molar-refractivity contribution in [3.63, 3.8) is 0 Å². The predicted molar refractivity (Wildman–Crippen MR) is 90.4 cm³/mol. The number of hydrogen-bond acceptors (Lipinski definition) is 4. The van der Waals surface area contributed by atoms with Gasteiger partial charge in [0, 0.05) is 23.7 Å². The summed E-state index contributed by atoms with van der Waals surface area (Å²) in [5.74, 6) is 1.28. The van der Waals surface area contributed by atoms with Crippen molar-refractivity contribution in [2.75, 3.05) is 18.9 Å². The van der Waals surface area contributed by atoms with Crippen LogP contribution in [0.3, 0.4) is 0 Å². The normalized spacial score (nSPS) is 11.6. The molecule has 0 saturated carbocycles. The van der Waals surface area contributed by atoms with Crippen molar-refractivity contribution in [2.24, 2.45) is 5.92 Å². The highest BCUT2D eigenvalue weighted by atomic mass is 35.5. The third kappa shape index (κ3) is 4.32. The van der Waals surface area contributed by atoms with E-state index in [1.54, 1.807) is 0 Å². The summed E-state index contributed by atoms with van der Waals surface area (Å²) in [4.78, 5) is 16.4. The second-order valence-corrected chi connectivity index (χ2v) is 5.19. The zero-order chi connectivity index (χ0) is 15.4. The van der Waals surface area contributed by atoms with Gasteiger partial charge in [0.05, 0.1) is 5.69 Å². The van der Waals surface area contributed by atoms with Gasteiger partial charge in [-0.1, -0.05) is 13.0 Å². The zero-order valence-corrected chi connectivity index (χ0v) is 14.1. The van der Waals surface area contributed by atoms with Crippen LogP contribution in [0.4, 0.5) is 5.69 Å². The number of carbonyl (C=O) groups is 1. The number of anilines is 1. The number of nitrogens with one attached hydrogen (secondary N) is 2. The standard InChI is InChI=1S/C16H21N3O2.ClH/c1-10(9-17-4)15(20)19-14-7-5-6-13(8-14)16-18-11(2)12(3)21-16;/h5-8,10,17H,9H2,1-4H3,(H,19,20);1H. The Bertz CT molecular complexity index is 621. The van der Waals surface area contributed by atoms with Crippen molar-refractivity contribution >= 4 is 24.0 Å². The highest BCUT2D eigenvalue weighted by molar-refractivity contribution is 5.93. The lowest BCUT2D eigenvalue weighted by Gasteiger charge is -2.11. The summed E-state index contributed by atoms with van der Waals surface area (Å²) < 4.78 is 5.61. The molecular formula is C16H22ClN3O2. The summed E-state index contributed by atoms with van der Waals surface area (Å²) in [5.41, 5.74) is 2.47. The summed E-state index contributed by atoms with van der Waals surface area (Å²) >= 11 is 0. The first-order chi connectivity index (χ1) is 10.0. The van der Waals surface area contributed by atoms with Gasteiger partial charge in [-0.25, -0.2) is 4.98 Å². The molecule has 1 aromatic heterocycles. The minimum Gasteiger partial charge on any atom is -0.441 e. The third-order valence-corrected chi connectivity index (χ3v) is 3.36. The largest absolute Gasteiger partial charge is 0.441 e. The number of amides is 1. The lowest BCUT2D eigenvalue weighted by Crippen LogP contribution is -2.28. The number of hydrogen-bond donors (Lipinski definition) is 2. The van der Waals surface area contributed by atoms with Crippen LogP contribution in [0.1, 0.15) is 18.4 Å². The minimum absolute atomic E-state index is 0. The number of aromatic nitrogens is 1. The van der Waals surface area contributed by atoms with Crippen molar-refractivity contribution in [3.8, 4) is 11.5 Å². The summed E-state index contributed by atoms with van der Waals surface area (Å²) in [6.45, 7) is 6.32. The van der Waals surface area contributed by atoms with Crippen LogP contribution in [0.2, 0.25) is 0 Å². The van der Waals surface area contributed by atoms with E-state index in [1.807, 2.05) is 52.1 Å². The van der Waals surface area contributed by atoms with Gasteiger partial charge >= 0.3 is 0 Å². The van der Waals surface area contributed by atoms with Crippen molar-refractivity contribution in [1.82, 2.24) is 10.3 Å². The van der Waals surface area contributed by atoms with Crippen LogP contribution in [0.15, 0.2) is 28.7 Å². The molecule has 1 amide bonds. The Balaban J connectivity index is 0.00000242. The van der Waals surface area contributed by atoms with Crippen molar-refractivity contribution < 1.29 is 9.21 Å². The molecule has 1 unspecified atom stereocenters. The number of rotatable bonds is 5. The fourth-order valence-corrected chi connectivity index (χ4v) is 1.99. The van der Waals surface area contributed by atoms with Crippen LogP contribution in [0, 0.1) is 19.8 Å². The SMILES string of the molecule is CNCC(C)C(=O)Nc1cccc(-c2nc(C)c(C)o2)c1.Cl. The lowest BCUT2D eigenvalue weighted by molar-refractivity contribution is -0.119. The number of carbonyl (C=O) groups excluding carboxylic acids is 1. The minimum atomic E-state index is -0.0927. The molecule has 0 saturated heterocycles. The first-order valence-electron chi connectivity index (χ1n) is 7.01. The second-order valence-electron chi connectivity index (χ2n) is 5.19. The number of oxazole rings is 1. The topological polar surface area (TPSA) is 67.2 Å². The van der Waals surface area contributed by atoms with E-state index in [1.165, 1.54) is 0 Å². The molecule has 0 bridgehead atoms. The molecule has 2 N–H and O–H groups in total. The smallest absolute Gasteiger partial charge is 0.228 e. The van der Waals surface area contributed by atoms with E-state index >= 15 is 0 Å². The Labute approximate surface area is 136 Å². The highest BCUT2D eigenvalue weighted by Gasteiger charge is 2.13. The second kappa shape index (κ2) is 7.96. The zero-order valence-electron chi connectivity index (χ0n) is 13.3. The average Bonchev–Trinajstić information content (AvgIpc) is 2.79. The molecule has 0 radical (unpaired) electrons. The quantitative estimate of drug-likeness (QED) is 0.887. The van der Waals surface area contributed by atoms with Gasteiger partial charge in [0.25, 0.3) is 0 Å². The van der Waals surface area contributed by atoms with Gasteiger partial charge in [-0.15, -0.1) is 12.4 Å². The van der Waals surface area contributed by atoms with E-state index in [4.69, 9.17) is 4.42 Å². The van der Waals surface area contributed by atoms with E-state index in [2.05, 4.69) is 15.6 Å². The highest BCUT2D eigenvalue weighted by Crippen LogP contribution is 2.24. The molecule has 1 aromatic carbocycles. The maximum Gasteiger partial charge on any atom is 0.228 e. The van der Waals surface area contributed by atoms with Gasteiger partial charge in [-0.05, 0) is 39.1 Å². The Morgan fingerprint density at radius 2 is 2.09 bits per heavy atom. The van der Waals surface area contributed by atoms with Crippen LogP contribution in [-0.4, -0.2) is 24.5 Å². The van der Waals surface area contributed by atoms with Crippen LogP contribution >= 0.6 is 12.4 Å². The van der Waals surface area contributed by atoms with Gasteiger partial charge in [0.1, 0.15) is 5.76 Å². The third-order valence-electron chi connectivity index (χ3n) is 3.36. The van der Waals surface area contributed by atoms with E-state index in [9.17, 15) is 4.79 Å². The van der Waals surface area contributed by atoms with Crippen LogP contribution in [0.25, 0.3) is 11.5 Å². The van der Waals surface area contributed by atoms with E-state index in [0.717, 1.165) is 22.7 Å². The number of benzene rings is 1. The Kier molecular flexibility index (Phi) is 6.59. The molecule has 5 nitrogen and oxygen atoms in total. The van der Waals surface area contributed by atoms with Gasteiger partial charge < -0.3 is 15.1 Å². The monoisotopic (exact) mass is 323 g/mol. The number of halogens is 1. The molecule has 0 spiro atoms. The van der Waals surface area contributed by atoms with E-state index in [-0.39, 0.29) is 24.2 Å². The van der Waals surface area contributed by atoms with Gasteiger partial charge in [-0.3, -0.25) is 4.79 Å². The van der Waals surface area contributed by atoms with Gasteiger partial charge in [0.15, 0.2) is 0 Å². The number of aryl methyl sites for hydroxylation is 2. The molecule has 0 aliphatic carbocycles. The molecule has 0 aliphatic rings. The Hall–Kier alpha value is -1.85. The van der Waals surface area contributed by atoms with Gasteiger partial charge in [-0.2, -0.15) is 0 Å². The molecule has 22 heavy (non-hydrogen) atoms. The summed E-state index contributed by atoms with van der Waals surface area (Å²) in [5, 5.41) is 5.90. The fraction of sp³-hybridized carbons (Fsp3) is 0.375. The van der Waals surface area contributed by atoms with E-state index in [0.29, 0.717) is 12.4 Å². The molecule has 120 valence electrons. The average molecular weight is 324 g/mol. The Morgan fingerprint density at radius 3 is 2.68 bits per heavy atom. The van der Waals surface area contributed by atoms with Crippen molar-refractivity contribution in [1.29, 1.82) is 0 Å². The van der Waals surface area contributed by atoms with Crippen LogP contribution in [-0.2, 0) is 4.79 Å². The number of nitrogens with zero attached hydrogens (tertiary/aromatic N) is 1. The first kappa shape index (κ1) is 18.2.